The number of carbonyl (C=O) groups is 2. The molecule has 2 N–H and O–H groups in total. The van der Waals surface area contributed by atoms with Crippen molar-refractivity contribution in [3.63, 3.8) is 0 Å². The molecule has 0 aliphatic heterocycles. The summed E-state index contributed by atoms with van der Waals surface area (Å²) in [5.41, 5.74) is 1.73. The molecule has 0 unspecified atom stereocenters. The highest BCUT2D eigenvalue weighted by Crippen LogP contribution is 2.02. The van der Waals surface area contributed by atoms with Gasteiger partial charge in [-0.1, -0.05) is 61.4 Å². The smallest absolute Gasteiger partial charge is 0.251 e. The average Bonchev–Trinajstić information content (AvgIpc) is 2.65. The van der Waals surface area contributed by atoms with Crippen LogP contribution >= 0.6 is 0 Å². The second-order valence-corrected chi connectivity index (χ2v) is 6.05. The van der Waals surface area contributed by atoms with Gasteiger partial charge in [-0.15, -0.1) is 0 Å². The molecule has 0 heterocycles. The van der Waals surface area contributed by atoms with Crippen molar-refractivity contribution in [1.82, 2.24) is 10.6 Å². The van der Waals surface area contributed by atoms with Gasteiger partial charge in [0.2, 0.25) is 5.91 Å². The molecule has 25 heavy (non-hydrogen) atoms. The van der Waals surface area contributed by atoms with Crippen LogP contribution in [0.2, 0.25) is 0 Å². The highest BCUT2D eigenvalue weighted by atomic mass is 16.2. The summed E-state index contributed by atoms with van der Waals surface area (Å²) >= 11 is 0. The van der Waals surface area contributed by atoms with E-state index in [9.17, 15) is 9.59 Å². The highest BCUT2D eigenvalue weighted by molar-refractivity contribution is 5.94. The predicted molar refractivity (Wildman–Crippen MR) is 100 cm³/mol. The Bertz CT molecular complexity index is 641. The maximum Gasteiger partial charge on any atom is 0.251 e. The van der Waals surface area contributed by atoms with E-state index in [1.807, 2.05) is 60.7 Å². The van der Waals surface area contributed by atoms with E-state index in [1.165, 1.54) is 0 Å². The van der Waals surface area contributed by atoms with Gasteiger partial charge in [0.25, 0.3) is 5.91 Å². The summed E-state index contributed by atoms with van der Waals surface area (Å²) in [6, 6.07) is 19.0. The van der Waals surface area contributed by atoms with E-state index in [0.717, 1.165) is 31.2 Å². The van der Waals surface area contributed by atoms with Crippen molar-refractivity contribution in [2.24, 2.45) is 0 Å². The van der Waals surface area contributed by atoms with Crippen LogP contribution in [0, 0.1) is 0 Å². The second kappa shape index (κ2) is 11.0. The number of benzene rings is 2. The molecule has 132 valence electrons. The third kappa shape index (κ3) is 7.66. The maximum absolute atomic E-state index is 11.8. The Hall–Kier alpha value is -2.62. The Morgan fingerprint density at radius 2 is 1.24 bits per heavy atom. The summed E-state index contributed by atoms with van der Waals surface area (Å²) < 4.78 is 0. The molecule has 0 aliphatic rings. The van der Waals surface area contributed by atoms with Gasteiger partial charge in [-0.05, 0) is 30.5 Å². The summed E-state index contributed by atoms with van der Waals surface area (Å²) in [5, 5.41) is 5.88. The van der Waals surface area contributed by atoms with Crippen molar-refractivity contribution in [2.75, 3.05) is 13.1 Å². The molecular weight excluding hydrogens is 312 g/mol. The van der Waals surface area contributed by atoms with Gasteiger partial charge >= 0.3 is 0 Å². The van der Waals surface area contributed by atoms with Gasteiger partial charge in [0, 0.05) is 18.7 Å². The summed E-state index contributed by atoms with van der Waals surface area (Å²) in [6.07, 6.45) is 4.45. The normalized spacial score (nSPS) is 10.2. The van der Waals surface area contributed by atoms with E-state index in [2.05, 4.69) is 10.6 Å². The van der Waals surface area contributed by atoms with Crippen LogP contribution < -0.4 is 10.6 Å². The molecule has 0 radical (unpaired) electrons. The molecule has 0 aliphatic carbocycles. The minimum atomic E-state index is -0.0197. The summed E-state index contributed by atoms with van der Waals surface area (Å²) in [6.45, 7) is 1.40. The zero-order valence-electron chi connectivity index (χ0n) is 14.5. The molecule has 2 aromatic carbocycles. The molecule has 0 fully saturated rings. The van der Waals surface area contributed by atoms with Crippen LogP contribution in [0.4, 0.5) is 0 Å². The van der Waals surface area contributed by atoms with Crippen LogP contribution in [0.5, 0.6) is 0 Å². The molecular formula is C21H26N2O2. The lowest BCUT2D eigenvalue weighted by Crippen LogP contribution is -2.26. The zero-order valence-corrected chi connectivity index (χ0v) is 14.5. The van der Waals surface area contributed by atoms with E-state index in [0.29, 0.717) is 25.1 Å². The van der Waals surface area contributed by atoms with Crippen LogP contribution in [0.25, 0.3) is 0 Å². The third-order valence-corrected chi connectivity index (χ3v) is 3.95. The molecule has 0 atom stereocenters. The molecule has 0 saturated heterocycles. The fourth-order valence-electron chi connectivity index (χ4n) is 2.57. The average molecular weight is 338 g/mol. The van der Waals surface area contributed by atoms with Crippen LogP contribution in [0.3, 0.4) is 0 Å². The molecule has 4 nitrogen and oxygen atoms in total. The van der Waals surface area contributed by atoms with Crippen LogP contribution in [-0.2, 0) is 11.2 Å². The van der Waals surface area contributed by atoms with Gasteiger partial charge in [-0.25, -0.2) is 0 Å². The van der Waals surface area contributed by atoms with Crippen molar-refractivity contribution in [3.05, 3.63) is 71.8 Å². The molecule has 0 saturated carbocycles. The van der Waals surface area contributed by atoms with Gasteiger partial charge in [0.1, 0.15) is 0 Å². The first kappa shape index (κ1) is 18.7. The second-order valence-electron chi connectivity index (χ2n) is 6.05. The number of carbonyl (C=O) groups excluding carboxylic acids is 2. The van der Waals surface area contributed by atoms with Crippen molar-refractivity contribution in [2.45, 2.75) is 32.1 Å². The summed E-state index contributed by atoms with van der Waals surface area (Å²) in [5.74, 6) is 0.0510. The first-order valence-electron chi connectivity index (χ1n) is 8.89. The standard InChI is InChI=1S/C21H26N2O2/c24-20(17-18-11-5-3-6-12-18)22-15-9-1-2-10-16-23-21(25)19-13-7-4-8-14-19/h3-8,11-14H,1-2,9-10,15-17H2,(H,22,24)(H,23,25). The Kier molecular flexibility index (Phi) is 8.25. The van der Waals surface area contributed by atoms with Gasteiger partial charge in [-0.2, -0.15) is 0 Å². The van der Waals surface area contributed by atoms with Crippen molar-refractivity contribution >= 4 is 11.8 Å². The summed E-state index contributed by atoms with van der Waals surface area (Å²) in [7, 11) is 0. The zero-order chi connectivity index (χ0) is 17.7. The third-order valence-electron chi connectivity index (χ3n) is 3.95. The van der Waals surface area contributed by atoms with Crippen LogP contribution in [0.15, 0.2) is 60.7 Å². The number of amides is 2. The van der Waals surface area contributed by atoms with Gasteiger partial charge in [-0.3, -0.25) is 9.59 Å². The maximum atomic E-state index is 11.8. The van der Waals surface area contributed by atoms with Crippen molar-refractivity contribution in [1.29, 1.82) is 0 Å². The fraction of sp³-hybridized carbons (Fsp3) is 0.333. The lowest BCUT2D eigenvalue weighted by atomic mass is 10.1. The van der Waals surface area contributed by atoms with Crippen molar-refractivity contribution < 1.29 is 9.59 Å². The topological polar surface area (TPSA) is 58.2 Å². The van der Waals surface area contributed by atoms with Gasteiger partial charge in [0.05, 0.1) is 6.42 Å². The number of hydrogen-bond acceptors (Lipinski definition) is 2. The molecule has 4 heteroatoms. The largest absolute Gasteiger partial charge is 0.356 e. The van der Waals surface area contributed by atoms with Crippen molar-refractivity contribution in [3.8, 4) is 0 Å². The minimum Gasteiger partial charge on any atom is -0.356 e. The fourth-order valence-corrected chi connectivity index (χ4v) is 2.57. The predicted octanol–water partition coefficient (Wildman–Crippen LogP) is 3.34. The SMILES string of the molecule is O=C(Cc1ccccc1)NCCCCCCNC(=O)c1ccccc1. The minimum absolute atomic E-state index is 0.0197. The first-order chi connectivity index (χ1) is 12.3. The lowest BCUT2D eigenvalue weighted by Gasteiger charge is -2.06. The molecule has 0 spiro atoms. The van der Waals surface area contributed by atoms with Gasteiger partial charge in [0.15, 0.2) is 0 Å². The molecule has 2 rings (SSSR count). The number of rotatable bonds is 10. The quantitative estimate of drug-likeness (QED) is 0.653. The number of unbranched alkanes of at least 4 members (excludes halogenated alkanes) is 3. The monoisotopic (exact) mass is 338 g/mol. The Labute approximate surface area is 149 Å². The van der Waals surface area contributed by atoms with E-state index in [4.69, 9.17) is 0 Å². The van der Waals surface area contributed by atoms with E-state index < -0.39 is 0 Å². The van der Waals surface area contributed by atoms with Gasteiger partial charge < -0.3 is 10.6 Å². The lowest BCUT2D eigenvalue weighted by molar-refractivity contribution is -0.120. The number of nitrogens with one attached hydrogen (secondary N) is 2. The molecule has 0 aromatic heterocycles. The molecule has 0 bridgehead atoms. The Balaban J connectivity index is 1.46. The first-order valence-corrected chi connectivity index (χ1v) is 8.89. The Morgan fingerprint density at radius 3 is 1.88 bits per heavy atom. The van der Waals surface area contributed by atoms with E-state index in [1.54, 1.807) is 0 Å². The summed E-state index contributed by atoms with van der Waals surface area (Å²) in [4.78, 5) is 23.6. The van der Waals surface area contributed by atoms with Crippen LogP contribution in [0.1, 0.15) is 41.6 Å². The van der Waals surface area contributed by atoms with E-state index in [-0.39, 0.29) is 11.8 Å². The highest BCUT2D eigenvalue weighted by Gasteiger charge is 2.03. The Morgan fingerprint density at radius 1 is 0.680 bits per heavy atom. The van der Waals surface area contributed by atoms with Crippen LogP contribution in [-0.4, -0.2) is 24.9 Å². The van der Waals surface area contributed by atoms with E-state index >= 15 is 0 Å². The number of hydrogen-bond donors (Lipinski definition) is 2. The molecule has 2 aromatic rings. The molecule has 2 amide bonds.